The first kappa shape index (κ1) is 28.1. The monoisotopic (exact) mass is 660 g/mol. The molecule has 0 saturated carbocycles. The number of aromatic nitrogens is 1. The molecule has 1 unspecified atom stereocenters. The highest BCUT2D eigenvalue weighted by Crippen LogP contribution is 2.64. The number of nitrogens with zero attached hydrogens (tertiary/aromatic N) is 2. The van der Waals surface area contributed by atoms with Crippen LogP contribution < -0.4 is 4.90 Å². The van der Waals surface area contributed by atoms with Gasteiger partial charge in [0.15, 0.2) is 0 Å². The van der Waals surface area contributed by atoms with Crippen LogP contribution in [0.15, 0.2) is 182 Å². The molecule has 0 amide bonds. The molecular weight excluding hydrogens is 629 g/mol. The van der Waals surface area contributed by atoms with Gasteiger partial charge in [0.2, 0.25) is 0 Å². The maximum Gasteiger partial charge on any atom is 0.0542 e. The molecule has 1 spiro atoms. The van der Waals surface area contributed by atoms with Crippen molar-refractivity contribution in [2.45, 2.75) is 11.8 Å². The Hall–Kier alpha value is -6.64. The summed E-state index contributed by atoms with van der Waals surface area (Å²) in [6.07, 6.45) is 0.996. The second kappa shape index (κ2) is 10.2. The Balaban J connectivity index is 1.10. The first-order valence-electron chi connectivity index (χ1n) is 18.2. The van der Waals surface area contributed by atoms with E-state index in [1.54, 1.807) is 0 Å². The standard InChI is InChI=1S/C50H32N2/c1-3-13-32(14-4-1)51(35-26-28-48-43(30-35)39-18-8-10-24-47(39)52(48)33-15-5-2-6-16-33)34-25-27-46-42(29-34)41-22-12-21-40-37-20-11-19-36-38-17-7-9-23-45(38)50(46,49(40)41)31-44(36)37/h1-30H,31H2. The van der Waals surface area contributed by atoms with Crippen molar-refractivity contribution in [3.05, 3.63) is 204 Å². The summed E-state index contributed by atoms with van der Waals surface area (Å²) in [7, 11) is 0. The summed E-state index contributed by atoms with van der Waals surface area (Å²) in [6.45, 7) is 0. The average Bonchev–Trinajstić information content (AvgIpc) is 3.69. The molecule has 1 atom stereocenters. The van der Waals surface area contributed by atoms with Crippen LogP contribution in [0.2, 0.25) is 0 Å². The van der Waals surface area contributed by atoms with Crippen molar-refractivity contribution in [1.29, 1.82) is 0 Å². The van der Waals surface area contributed by atoms with E-state index in [9.17, 15) is 0 Å². The Morgan fingerprint density at radius 3 is 1.85 bits per heavy atom. The molecule has 9 aromatic rings. The van der Waals surface area contributed by atoms with Gasteiger partial charge in [-0.2, -0.15) is 0 Å². The van der Waals surface area contributed by atoms with E-state index >= 15 is 0 Å². The Bertz CT molecular complexity index is 2940. The summed E-state index contributed by atoms with van der Waals surface area (Å²) in [5.41, 5.74) is 20.9. The Morgan fingerprint density at radius 2 is 1.00 bits per heavy atom. The highest BCUT2D eigenvalue weighted by molar-refractivity contribution is 6.11. The molecule has 2 heteroatoms. The van der Waals surface area contributed by atoms with Crippen LogP contribution in [0.5, 0.6) is 0 Å². The SMILES string of the molecule is c1ccc(N(c2ccc3c(c2)-c2cccc4c2C32Cc3c(cccc3-4)-c3ccccc32)c2ccc3c(c2)c2ccccc2n3-c2ccccc2)cc1. The van der Waals surface area contributed by atoms with E-state index in [1.807, 2.05) is 0 Å². The van der Waals surface area contributed by atoms with Crippen LogP contribution >= 0.6 is 0 Å². The zero-order valence-electron chi connectivity index (χ0n) is 28.4. The summed E-state index contributed by atoms with van der Waals surface area (Å²) >= 11 is 0. The normalized spacial score (nSPS) is 15.7. The zero-order valence-corrected chi connectivity index (χ0v) is 28.4. The van der Waals surface area contributed by atoms with Crippen molar-refractivity contribution in [3.8, 4) is 39.1 Å². The van der Waals surface area contributed by atoms with Crippen molar-refractivity contribution in [3.63, 3.8) is 0 Å². The van der Waals surface area contributed by atoms with Crippen LogP contribution in [0.4, 0.5) is 17.1 Å². The van der Waals surface area contributed by atoms with Crippen LogP contribution in [-0.2, 0) is 11.8 Å². The van der Waals surface area contributed by atoms with Gasteiger partial charge in [-0.15, -0.1) is 0 Å². The molecule has 8 aromatic carbocycles. The Labute approximate surface area is 302 Å². The molecule has 0 fully saturated rings. The lowest BCUT2D eigenvalue weighted by atomic mass is 9.58. The second-order valence-electron chi connectivity index (χ2n) is 14.5. The zero-order chi connectivity index (χ0) is 34.0. The molecule has 0 saturated heterocycles. The van der Waals surface area contributed by atoms with Crippen molar-refractivity contribution >= 4 is 38.9 Å². The predicted octanol–water partition coefficient (Wildman–Crippen LogP) is 12.8. The first-order valence-corrected chi connectivity index (χ1v) is 18.2. The summed E-state index contributed by atoms with van der Waals surface area (Å²) < 4.78 is 2.39. The van der Waals surface area contributed by atoms with Crippen molar-refractivity contribution in [2.75, 3.05) is 4.90 Å². The van der Waals surface area contributed by atoms with E-state index in [0.717, 1.165) is 23.5 Å². The Morgan fingerprint density at radius 1 is 0.404 bits per heavy atom. The van der Waals surface area contributed by atoms with Gasteiger partial charge >= 0.3 is 0 Å². The van der Waals surface area contributed by atoms with Crippen LogP contribution in [0.3, 0.4) is 0 Å². The summed E-state index contributed by atoms with van der Waals surface area (Å²) in [6, 6.07) is 67.6. The van der Waals surface area contributed by atoms with Gasteiger partial charge in [-0.25, -0.2) is 0 Å². The van der Waals surface area contributed by atoms with E-state index in [-0.39, 0.29) is 5.41 Å². The Kier molecular flexibility index (Phi) is 5.52. The maximum atomic E-state index is 2.46. The minimum Gasteiger partial charge on any atom is -0.310 e. The van der Waals surface area contributed by atoms with Crippen molar-refractivity contribution in [1.82, 2.24) is 4.57 Å². The summed E-state index contributed by atoms with van der Waals surface area (Å²) in [4.78, 5) is 2.43. The molecule has 2 bridgehead atoms. The molecule has 0 radical (unpaired) electrons. The number of fused-ring (bicyclic) bond motifs is 8. The molecule has 0 N–H and O–H groups in total. The highest BCUT2D eigenvalue weighted by Gasteiger charge is 2.52. The maximum absolute atomic E-state index is 2.46. The molecule has 3 aliphatic carbocycles. The lowest BCUT2D eigenvalue weighted by Crippen LogP contribution is -2.36. The van der Waals surface area contributed by atoms with Gasteiger partial charge in [0, 0.05) is 33.5 Å². The molecule has 12 rings (SSSR count). The van der Waals surface area contributed by atoms with Gasteiger partial charge < -0.3 is 9.47 Å². The number of hydrogen-bond donors (Lipinski definition) is 0. The minimum atomic E-state index is -0.201. The fourth-order valence-electron chi connectivity index (χ4n) is 10.0. The smallest absolute Gasteiger partial charge is 0.0542 e. The van der Waals surface area contributed by atoms with Crippen molar-refractivity contribution in [2.24, 2.45) is 0 Å². The quantitative estimate of drug-likeness (QED) is 0.182. The fraction of sp³-hybridized carbons (Fsp3) is 0.0400. The number of anilines is 3. The van der Waals surface area contributed by atoms with Gasteiger partial charge in [-0.1, -0.05) is 121 Å². The first-order chi connectivity index (χ1) is 25.8. The molecule has 0 aliphatic heterocycles. The third-order valence-electron chi connectivity index (χ3n) is 12.0. The van der Waals surface area contributed by atoms with E-state index in [0.29, 0.717) is 0 Å². The van der Waals surface area contributed by atoms with E-state index in [2.05, 4.69) is 191 Å². The van der Waals surface area contributed by atoms with Gasteiger partial charge in [0.25, 0.3) is 0 Å². The molecular formula is C50H32N2. The second-order valence-corrected chi connectivity index (χ2v) is 14.5. The highest BCUT2D eigenvalue weighted by atomic mass is 15.1. The van der Waals surface area contributed by atoms with Crippen molar-refractivity contribution < 1.29 is 0 Å². The number of hydrogen-bond acceptors (Lipinski definition) is 1. The molecule has 242 valence electrons. The van der Waals surface area contributed by atoms with Gasteiger partial charge in [-0.3, -0.25) is 0 Å². The molecule has 2 nitrogen and oxygen atoms in total. The molecule has 1 aromatic heterocycles. The number of rotatable bonds is 4. The summed E-state index contributed by atoms with van der Waals surface area (Å²) in [5.74, 6) is 0. The van der Waals surface area contributed by atoms with E-state index in [4.69, 9.17) is 0 Å². The third-order valence-corrected chi connectivity index (χ3v) is 12.0. The van der Waals surface area contributed by atoms with Gasteiger partial charge in [-0.05, 0) is 123 Å². The van der Waals surface area contributed by atoms with Crippen LogP contribution in [0.1, 0.15) is 22.3 Å². The van der Waals surface area contributed by atoms with Crippen LogP contribution in [-0.4, -0.2) is 4.57 Å². The van der Waals surface area contributed by atoms with Crippen LogP contribution in [0, 0.1) is 0 Å². The molecule has 1 heterocycles. The predicted molar refractivity (Wildman–Crippen MR) is 215 cm³/mol. The largest absolute Gasteiger partial charge is 0.310 e. The third kappa shape index (κ3) is 3.53. The van der Waals surface area contributed by atoms with E-state index < -0.39 is 0 Å². The molecule has 52 heavy (non-hydrogen) atoms. The number of para-hydroxylation sites is 3. The number of benzene rings is 8. The average molecular weight is 661 g/mol. The topological polar surface area (TPSA) is 8.17 Å². The van der Waals surface area contributed by atoms with Crippen LogP contribution in [0.25, 0.3) is 60.9 Å². The summed E-state index contributed by atoms with van der Waals surface area (Å²) in [5, 5.41) is 2.49. The van der Waals surface area contributed by atoms with Gasteiger partial charge in [0.05, 0.1) is 16.4 Å². The minimum absolute atomic E-state index is 0.201. The lowest BCUT2D eigenvalue weighted by molar-refractivity contribution is 0.615. The van der Waals surface area contributed by atoms with E-state index in [1.165, 1.54) is 83.1 Å². The molecule has 3 aliphatic rings. The van der Waals surface area contributed by atoms with Gasteiger partial charge in [0.1, 0.15) is 0 Å². The lowest BCUT2D eigenvalue weighted by Gasteiger charge is -2.44. The fourth-order valence-corrected chi connectivity index (χ4v) is 10.0.